The van der Waals surface area contributed by atoms with Crippen LogP contribution in [0.4, 0.5) is 8.78 Å². The van der Waals surface area contributed by atoms with Crippen LogP contribution in [0.1, 0.15) is 42.1 Å². The minimum atomic E-state index is -0.821. The highest BCUT2D eigenvalue weighted by Gasteiger charge is 2.19. The first-order valence-corrected chi connectivity index (χ1v) is 7.92. The molecular weight excluding hydrogens is 328 g/mol. The topological polar surface area (TPSA) is 29.1 Å². The second-order valence-electron chi connectivity index (χ2n) is 4.90. The Balaban J connectivity index is 2.74. The molecule has 0 radical (unpaired) electrons. The Kier molecular flexibility index (Phi) is 7.13. The van der Waals surface area contributed by atoms with Gasteiger partial charge in [-0.2, -0.15) is 0 Å². The summed E-state index contributed by atoms with van der Waals surface area (Å²) in [6.07, 6.45) is 2.91. The number of aryl methyl sites for hydroxylation is 1. The van der Waals surface area contributed by atoms with Gasteiger partial charge in [-0.15, -0.1) is 0 Å². The normalized spacial score (nSPS) is 12.2. The predicted octanol–water partition coefficient (Wildman–Crippen LogP) is 4.20. The summed E-state index contributed by atoms with van der Waals surface area (Å²) in [5, 5.41) is 3.49. The molecule has 112 valence electrons. The number of carbonyl (C=O) groups excluding carboxylic acids is 1. The fourth-order valence-corrected chi connectivity index (χ4v) is 2.75. The molecule has 1 aromatic carbocycles. The van der Waals surface area contributed by atoms with Crippen LogP contribution in [0.15, 0.2) is 12.1 Å². The second kappa shape index (κ2) is 8.35. The monoisotopic (exact) mass is 347 g/mol. The highest BCUT2D eigenvalue weighted by atomic mass is 79.9. The molecule has 1 rings (SSSR count). The van der Waals surface area contributed by atoms with Crippen molar-refractivity contribution in [3.8, 4) is 0 Å². The predicted molar refractivity (Wildman–Crippen MR) is 80.2 cm³/mol. The van der Waals surface area contributed by atoms with E-state index < -0.39 is 23.1 Å². The number of halogens is 3. The van der Waals surface area contributed by atoms with E-state index in [2.05, 4.69) is 28.2 Å². The first-order valence-electron chi connectivity index (χ1n) is 6.80. The van der Waals surface area contributed by atoms with Crippen molar-refractivity contribution in [2.45, 2.75) is 33.1 Å². The van der Waals surface area contributed by atoms with Gasteiger partial charge in [0.1, 0.15) is 17.2 Å². The molecule has 0 aromatic heterocycles. The summed E-state index contributed by atoms with van der Waals surface area (Å²) in [5.74, 6) is -1.97. The van der Waals surface area contributed by atoms with Crippen LogP contribution in [0.2, 0.25) is 0 Å². The summed E-state index contributed by atoms with van der Waals surface area (Å²) in [6.45, 7) is 4.02. The fraction of sp³-hybridized carbons (Fsp3) is 0.533. The van der Waals surface area contributed by atoms with Gasteiger partial charge in [0, 0.05) is 11.9 Å². The molecule has 0 saturated heterocycles. The minimum absolute atomic E-state index is 0.266. The van der Waals surface area contributed by atoms with Crippen LogP contribution < -0.4 is 5.32 Å². The van der Waals surface area contributed by atoms with E-state index in [1.54, 1.807) is 0 Å². The molecule has 0 heterocycles. The number of hydrogen-bond acceptors (Lipinski definition) is 1. The molecule has 0 aliphatic rings. The number of hydrogen-bond donors (Lipinski definition) is 1. The lowest BCUT2D eigenvalue weighted by molar-refractivity contribution is 0.0937. The minimum Gasteiger partial charge on any atom is -0.352 e. The zero-order valence-corrected chi connectivity index (χ0v) is 13.4. The Morgan fingerprint density at radius 3 is 2.65 bits per heavy atom. The van der Waals surface area contributed by atoms with Crippen molar-refractivity contribution in [3.05, 3.63) is 34.9 Å². The summed E-state index contributed by atoms with van der Waals surface area (Å²) in [4.78, 5) is 11.9. The molecule has 1 amide bonds. The van der Waals surface area contributed by atoms with Gasteiger partial charge in [0.2, 0.25) is 0 Å². The Bertz CT molecular complexity index is 459. The van der Waals surface area contributed by atoms with Crippen LogP contribution >= 0.6 is 15.9 Å². The smallest absolute Gasteiger partial charge is 0.257 e. The number of amides is 1. The van der Waals surface area contributed by atoms with Gasteiger partial charge in [-0.3, -0.25) is 4.79 Å². The standard InChI is InChI=1S/C15H20BrF2NO/c1-3-4-11(7-8-16)9-19-15(20)13-12(17)6-5-10(2)14(13)18/h5-6,11H,3-4,7-9H2,1-2H3,(H,19,20). The van der Waals surface area contributed by atoms with Crippen molar-refractivity contribution in [1.82, 2.24) is 5.32 Å². The Labute approximate surface area is 127 Å². The molecule has 1 atom stereocenters. The van der Waals surface area contributed by atoms with Gasteiger partial charge >= 0.3 is 0 Å². The van der Waals surface area contributed by atoms with E-state index in [1.807, 2.05) is 0 Å². The second-order valence-corrected chi connectivity index (χ2v) is 5.69. The maximum Gasteiger partial charge on any atom is 0.257 e. The number of alkyl halides is 1. The van der Waals surface area contributed by atoms with Gasteiger partial charge in [0.15, 0.2) is 0 Å². The van der Waals surface area contributed by atoms with Gasteiger partial charge in [0.25, 0.3) is 5.91 Å². The van der Waals surface area contributed by atoms with Gasteiger partial charge in [-0.25, -0.2) is 8.78 Å². The molecule has 0 aliphatic carbocycles. The largest absolute Gasteiger partial charge is 0.352 e. The molecule has 0 aliphatic heterocycles. The van der Waals surface area contributed by atoms with Crippen molar-refractivity contribution < 1.29 is 13.6 Å². The van der Waals surface area contributed by atoms with E-state index in [4.69, 9.17) is 0 Å². The quantitative estimate of drug-likeness (QED) is 0.735. The van der Waals surface area contributed by atoms with Crippen molar-refractivity contribution in [2.75, 3.05) is 11.9 Å². The van der Waals surface area contributed by atoms with Gasteiger partial charge in [-0.1, -0.05) is 35.3 Å². The Hall–Kier alpha value is -0.970. The number of rotatable bonds is 7. The molecule has 20 heavy (non-hydrogen) atoms. The number of carbonyl (C=O) groups is 1. The highest BCUT2D eigenvalue weighted by molar-refractivity contribution is 9.09. The summed E-state index contributed by atoms with van der Waals surface area (Å²) >= 11 is 3.37. The molecule has 0 spiro atoms. The van der Waals surface area contributed by atoms with E-state index in [0.29, 0.717) is 12.5 Å². The molecular formula is C15H20BrF2NO. The summed E-state index contributed by atoms with van der Waals surface area (Å²) in [7, 11) is 0. The molecule has 1 aromatic rings. The van der Waals surface area contributed by atoms with E-state index in [1.165, 1.54) is 13.0 Å². The van der Waals surface area contributed by atoms with Gasteiger partial charge < -0.3 is 5.32 Å². The van der Waals surface area contributed by atoms with Crippen LogP contribution in [0, 0.1) is 24.5 Å². The summed E-state index contributed by atoms with van der Waals surface area (Å²) < 4.78 is 27.4. The van der Waals surface area contributed by atoms with E-state index in [9.17, 15) is 13.6 Å². The summed E-state index contributed by atoms with van der Waals surface area (Å²) in [5.41, 5.74) is -0.221. The SMILES string of the molecule is CCCC(CCBr)CNC(=O)c1c(F)ccc(C)c1F. The van der Waals surface area contributed by atoms with Crippen LogP contribution in [0.5, 0.6) is 0 Å². The summed E-state index contributed by atoms with van der Waals surface area (Å²) in [6, 6.07) is 2.45. The van der Waals surface area contributed by atoms with Crippen molar-refractivity contribution >= 4 is 21.8 Å². The molecule has 1 unspecified atom stereocenters. The average Bonchev–Trinajstić information content (AvgIpc) is 2.41. The zero-order valence-electron chi connectivity index (χ0n) is 11.8. The third-order valence-electron chi connectivity index (χ3n) is 3.28. The molecule has 0 saturated carbocycles. The average molecular weight is 348 g/mol. The van der Waals surface area contributed by atoms with Gasteiger partial charge in [0.05, 0.1) is 0 Å². The lowest BCUT2D eigenvalue weighted by Crippen LogP contribution is -2.31. The highest BCUT2D eigenvalue weighted by Crippen LogP contribution is 2.17. The first-order chi connectivity index (χ1) is 9.51. The molecule has 0 fully saturated rings. The Morgan fingerprint density at radius 1 is 1.35 bits per heavy atom. The van der Waals surface area contributed by atoms with Crippen LogP contribution in [0.25, 0.3) is 0 Å². The van der Waals surface area contributed by atoms with E-state index in [-0.39, 0.29) is 5.56 Å². The van der Waals surface area contributed by atoms with Crippen LogP contribution in [-0.2, 0) is 0 Å². The third-order valence-corrected chi connectivity index (χ3v) is 3.73. The maximum atomic E-state index is 13.8. The maximum absolute atomic E-state index is 13.8. The Morgan fingerprint density at radius 2 is 2.05 bits per heavy atom. The zero-order chi connectivity index (χ0) is 15.1. The molecule has 1 N–H and O–H groups in total. The van der Waals surface area contributed by atoms with E-state index in [0.717, 1.165) is 30.7 Å². The fourth-order valence-electron chi connectivity index (χ4n) is 2.10. The van der Waals surface area contributed by atoms with Crippen molar-refractivity contribution in [1.29, 1.82) is 0 Å². The van der Waals surface area contributed by atoms with E-state index >= 15 is 0 Å². The van der Waals surface area contributed by atoms with Crippen molar-refractivity contribution in [2.24, 2.45) is 5.92 Å². The van der Waals surface area contributed by atoms with Crippen molar-refractivity contribution in [3.63, 3.8) is 0 Å². The molecule has 5 heteroatoms. The first kappa shape index (κ1) is 17.1. The lowest BCUT2D eigenvalue weighted by atomic mass is 10.0. The lowest BCUT2D eigenvalue weighted by Gasteiger charge is -2.16. The molecule has 0 bridgehead atoms. The third kappa shape index (κ3) is 4.54. The molecule has 2 nitrogen and oxygen atoms in total. The number of nitrogens with one attached hydrogen (secondary N) is 1. The van der Waals surface area contributed by atoms with Crippen LogP contribution in [0.3, 0.4) is 0 Å². The van der Waals surface area contributed by atoms with Crippen LogP contribution in [-0.4, -0.2) is 17.8 Å². The number of benzene rings is 1. The van der Waals surface area contributed by atoms with Gasteiger partial charge in [-0.05, 0) is 37.3 Å².